The summed E-state index contributed by atoms with van der Waals surface area (Å²) in [4.78, 5) is 1.14. The number of aliphatic hydroxyl groups excluding tert-OH is 1. The Kier molecular flexibility index (Phi) is 4.63. The Balaban J connectivity index is 2.33. The standard InChI is InChI=1S/C15H18ClNOS/c1-11-2-4-12(5-3-11)15(9-17,10-18)8-13-6-7-14(16)19-13/h2-7,18H,8-10,17H2,1H3. The van der Waals surface area contributed by atoms with E-state index >= 15 is 0 Å². The fraction of sp³-hybridized carbons (Fsp3) is 0.333. The molecule has 0 radical (unpaired) electrons. The molecule has 1 unspecified atom stereocenters. The van der Waals surface area contributed by atoms with Crippen LogP contribution in [0.2, 0.25) is 4.34 Å². The number of aryl methyl sites for hydroxylation is 1. The first kappa shape index (κ1) is 14.5. The molecule has 3 N–H and O–H groups in total. The molecular weight excluding hydrogens is 278 g/mol. The van der Waals surface area contributed by atoms with Gasteiger partial charge in [-0.15, -0.1) is 11.3 Å². The van der Waals surface area contributed by atoms with E-state index in [0.717, 1.165) is 14.8 Å². The van der Waals surface area contributed by atoms with Crippen LogP contribution in [0.15, 0.2) is 36.4 Å². The van der Waals surface area contributed by atoms with Gasteiger partial charge >= 0.3 is 0 Å². The zero-order chi connectivity index (χ0) is 13.9. The molecule has 1 heterocycles. The molecule has 0 spiro atoms. The Morgan fingerprint density at radius 2 is 1.89 bits per heavy atom. The van der Waals surface area contributed by atoms with E-state index in [1.807, 2.05) is 31.2 Å². The summed E-state index contributed by atoms with van der Waals surface area (Å²) in [5.41, 5.74) is 7.80. The first-order valence-corrected chi connectivity index (χ1v) is 7.41. The predicted octanol–water partition coefficient (Wildman–Crippen LogP) is 3.14. The summed E-state index contributed by atoms with van der Waals surface area (Å²) < 4.78 is 0.766. The number of rotatable bonds is 5. The largest absolute Gasteiger partial charge is 0.395 e. The summed E-state index contributed by atoms with van der Waals surface area (Å²) in [7, 11) is 0. The van der Waals surface area contributed by atoms with Crippen LogP contribution in [0, 0.1) is 6.92 Å². The zero-order valence-electron chi connectivity index (χ0n) is 10.9. The van der Waals surface area contributed by atoms with Crippen molar-refractivity contribution in [3.63, 3.8) is 0 Å². The molecule has 0 amide bonds. The van der Waals surface area contributed by atoms with Crippen molar-refractivity contribution in [3.8, 4) is 0 Å². The molecule has 1 aromatic carbocycles. The van der Waals surface area contributed by atoms with E-state index in [0.29, 0.717) is 13.0 Å². The molecule has 2 aromatic rings. The van der Waals surface area contributed by atoms with Gasteiger partial charge < -0.3 is 10.8 Å². The van der Waals surface area contributed by atoms with E-state index in [9.17, 15) is 5.11 Å². The molecule has 0 saturated carbocycles. The number of thiophene rings is 1. The number of benzene rings is 1. The van der Waals surface area contributed by atoms with Crippen LogP contribution in [-0.2, 0) is 11.8 Å². The van der Waals surface area contributed by atoms with Gasteiger partial charge in [0.1, 0.15) is 0 Å². The highest BCUT2D eigenvalue weighted by Gasteiger charge is 2.31. The highest BCUT2D eigenvalue weighted by Crippen LogP contribution is 2.32. The van der Waals surface area contributed by atoms with Crippen LogP contribution in [-0.4, -0.2) is 18.3 Å². The Morgan fingerprint density at radius 1 is 1.21 bits per heavy atom. The Labute approximate surface area is 122 Å². The molecule has 2 rings (SSSR count). The Hall–Kier alpha value is -0.870. The molecule has 1 atom stereocenters. The third kappa shape index (κ3) is 3.18. The monoisotopic (exact) mass is 295 g/mol. The van der Waals surface area contributed by atoms with Gasteiger partial charge in [-0.25, -0.2) is 0 Å². The first-order chi connectivity index (χ1) is 9.09. The highest BCUT2D eigenvalue weighted by molar-refractivity contribution is 7.16. The van der Waals surface area contributed by atoms with Gasteiger partial charge in [0.25, 0.3) is 0 Å². The van der Waals surface area contributed by atoms with Gasteiger partial charge in [-0.3, -0.25) is 0 Å². The number of nitrogens with two attached hydrogens (primary N) is 1. The second-order valence-corrected chi connectivity index (χ2v) is 6.69. The van der Waals surface area contributed by atoms with Crippen molar-refractivity contribution in [2.75, 3.05) is 13.2 Å². The molecule has 0 aliphatic rings. The van der Waals surface area contributed by atoms with Crippen LogP contribution < -0.4 is 5.73 Å². The van der Waals surface area contributed by atoms with E-state index in [1.54, 1.807) is 11.3 Å². The van der Waals surface area contributed by atoms with Crippen molar-refractivity contribution in [2.45, 2.75) is 18.8 Å². The van der Waals surface area contributed by atoms with Crippen LogP contribution in [0.1, 0.15) is 16.0 Å². The molecular formula is C15H18ClNOS. The third-order valence-electron chi connectivity index (χ3n) is 3.50. The van der Waals surface area contributed by atoms with Gasteiger partial charge in [0.05, 0.1) is 10.9 Å². The van der Waals surface area contributed by atoms with E-state index in [1.165, 1.54) is 5.56 Å². The Bertz CT molecular complexity index is 531. The fourth-order valence-electron chi connectivity index (χ4n) is 2.19. The van der Waals surface area contributed by atoms with Crippen molar-refractivity contribution in [2.24, 2.45) is 5.73 Å². The molecule has 4 heteroatoms. The third-order valence-corrected chi connectivity index (χ3v) is 4.73. The number of hydrogen-bond acceptors (Lipinski definition) is 3. The second kappa shape index (κ2) is 6.06. The lowest BCUT2D eigenvalue weighted by Crippen LogP contribution is -2.40. The van der Waals surface area contributed by atoms with Gasteiger partial charge in [-0.1, -0.05) is 41.4 Å². The van der Waals surface area contributed by atoms with Crippen LogP contribution in [0.5, 0.6) is 0 Å². The van der Waals surface area contributed by atoms with Crippen LogP contribution in [0.3, 0.4) is 0 Å². The highest BCUT2D eigenvalue weighted by atomic mass is 35.5. The maximum Gasteiger partial charge on any atom is 0.0931 e. The predicted molar refractivity (Wildman–Crippen MR) is 82.0 cm³/mol. The number of halogens is 1. The molecule has 0 saturated heterocycles. The van der Waals surface area contributed by atoms with Crippen molar-refractivity contribution < 1.29 is 5.11 Å². The maximum absolute atomic E-state index is 9.86. The van der Waals surface area contributed by atoms with Gasteiger partial charge in [0.2, 0.25) is 0 Å². The average molecular weight is 296 g/mol. The summed E-state index contributed by atoms with van der Waals surface area (Å²) in [6, 6.07) is 12.1. The van der Waals surface area contributed by atoms with Crippen LogP contribution in [0.25, 0.3) is 0 Å². The molecule has 102 valence electrons. The summed E-state index contributed by atoms with van der Waals surface area (Å²) in [5.74, 6) is 0. The van der Waals surface area contributed by atoms with Crippen molar-refractivity contribution >= 4 is 22.9 Å². The molecule has 19 heavy (non-hydrogen) atoms. The summed E-state index contributed by atoms with van der Waals surface area (Å²) in [6.45, 7) is 2.48. The first-order valence-electron chi connectivity index (χ1n) is 6.22. The van der Waals surface area contributed by atoms with Crippen LogP contribution >= 0.6 is 22.9 Å². The van der Waals surface area contributed by atoms with Crippen molar-refractivity contribution in [3.05, 3.63) is 56.7 Å². The van der Waals surface area contributed by atoms with Gasteiger partial charge in [-0.05, 0) is 31.0 Å². The van der Waals surface area contributed by atoms with Gasteiger partial charge in [0.15, 0.2) is 0 Å². The fourth-order valence-corrected chi connectivity index (χ4v) is 3.42. The summed E-state index contributed by atoms with van der Waals surface area (Å²) in [6.07, 6.45) is 0.709. The van der Waals surface area contributed by atoms with Crippen molar-refractivity contribution in [1.82, 2.24) is 0 Å². The lowest BCUT2D eigenvalue weighted by molar-refractivity contribution is 0.197. The lowest BCUT2D eigenvalue weighted by Gasteiger charge is -2.31. The van der Waals surface area contributed by atoms with E-state index < -0.39 is 5.41 Å². The maximum atomic E-state index is 9.86. The van der Waals surface area contributed by atoms with Crippen molar-refractivity contribution in [1.29, 1.82) is 0 Å². The van der Waals surface area contributed by atoms with E-state index in [-0.39, 0.29) is 6.61 Å². The quantitative estimate of drug-likeness (QED) is 0.890. The number of hydrogen-bond donors (Lipinski definition) is 2. The molecule has 0 bridgehead atoms. The molecule has 0 aliphatic heterocycles. The smallest absolute Gasteiger partial charge is 0.0931 e. The minimum atomic E-state index is -0.429. The van der Waals surface area contributed by atoms with E-state index in [4.69, 9.17) is 17.3 Å². The zero-order valence-corrected chi connectivity index (χ0v) is 12.5. The average Bonchev–Trinajstić information content (AvgIpc) is 2.82. The van der Waals surface area contributed by atoms with E-state index in [2.05, 4.69) is 12.1 Å². The second-order valence-electron chi connectivity index (χ2n) is 4.89. The topological polar surface area (TPSA) is 46.2 Å². The SMILES string of the molecule is Cc1ccc(C(CN)(CO)Cc2ccc(Cl)s2)cc1. The minimum absolute atomic E-state index is 0.0298. The summed E-state index contributed by atoms with van der Waals surface area (Å²) >= 11 is 7.51. The lowest BCUT2D eigenvalue weighted by atomic mass is 9.77. The molecule has 0 aliphatic carbocycles. The summed E-state index contributed by atoms with van der Waals surface area (Å²) in [5, 5.41) is 9.86. The molecule has 2 nitrogen and oxygen atoms in total. The van der Waals surface area contributed by atoms with Gasteiger partial charge in [0, 0.05) is 16.8 Å². The van der Waals surface area contributed by atoms with Gasteiger partial charge in [-0.2, -0.15) is 0 Å². The molecule has 0 fully saturated rings. The Morgan fingerprint density at radius 3 is 2.37 bits per heavy atom. The number of aliphatic hydroxyl groups is 1. The van der Waals surface area contributed by atoms with Crippen LogP contribution in [0.4, 0.5) is 0 Å². The minimum Gasteiger partial charge on any atom is -0.395 e. The molecule has 1 aromatic heterocycles. The normalized spacial score (nSPS) is 14.3.